The molecule has 0 unspecified atom stereocenters. The molecule has 1 atom stereocenters. The van der Waals surface area contributed by atoms with E-state index in [2.05, 4.69) is 15.0 Å². The van der Waals surface area contributed by atoms with Crippen molar-refractivity contribution in [3.8, 4) is 5.88 Å². The maximum absolute atomic E-state index is 6.21. The number of nitrogens with zero attached hydrogens (tertiary/aromatic N) is 4. The van der Waals surface area contributed by atoms with Crippen molar-refractivity contribution >= 4 is 22.8 Å². The second kappa shape index (κ2) is 13.8. The van der Waals surface area contributed by atoms with Crippen LogP contribution in [0.25, 0.3) is 11.2 Å². The van der Waals surface area contributed by atoms with Crippen molar-refractivity contribution in [2.45, 2.75) is 32.7 Å². The molecule has 0 saturated heterocycles. The molecule has 0 bridgehead atoms. The monoisotopic (exact) mass is 544 g/mol. The van der Waals surface area contributed by atoms with Gasteiger partial charge in [0.25, 0.3) is 0 Å². The van der Waals surface area contributed by atoms with E-state index < -0.39 is 0 Å². The molecule has 39 heavy (non-hydrogen) atoms. The average Bonchev–Trinajstić information content (AvgIpc) is 3.38. The second-order valence-corrected chi connectivity index (χ2v) is 9.22. The second-order valence-electron chi connectivity index (χ2n) is 8.88. The van der Waals surface area contributed by atoms with E-state index in [4.69, 9.17) is 30.5 Å². The first kappa shape index (κ1) is 26.8. The lowest BCUT2D eigenvalue weighted by Gasteiger charge is -2.19. The van der Waals surface area contributed by atoms with Crippen LogP contribution < -0.4 is 4.74 Å². The fourth-order valence-corrected chi connectivity index (χ4v) is 4.07. The third kappa shape index (κ3) is 7.84. The Labute approximate surface area is 232 Å². The van der Waals surface area contributed by atoms with Crippen LogP contribution in [0.1, 0.15) is 16.7 Å². The molecule has 9 heteroatoms. The quantitative estimate of drug-likeness (QED) is 0.163. The zero-order chi connectivity index (χ0) is 26.7. The van der Waals surface area contributed by atoms with Crippen molar-refractivity contribution in [2.75, 3.05) is 13.2 Å². The van der Waals surface area contributed by atoms with Crippen LogP contribution in [0, 0.1) is 0 Å². The summed E-state index contributed by atoms with van der Waals surface area (Å²) in [7, 11) is 0. The molecule has 0 N–H and O–H groups in total. The van der Waals surface area contributed by atoms with E-state index in [0.717, 1.165) is 16.7 Å². The normalized spacial score (nSPS) is 12.0. The molecule has 8 nitrogen and oxygen atoms in total. The molecule has 0 aliphatic carbocycles. The lowest BCUT2D eigenvalue weighted by molar-refractivity contribution is -0.0801. The number of halogens is 1. The summed E-state index contributed by atoms with van der Waals surface area (Å²) < 4.78 is 25.8. The van der Waals surface area contributed by atoms with Crippen molar-refractivity contribution in [3.05, 3.63) is 119 Å². The van der Waals surface area contributed by atoms with Gasteiger partial charge in [0.1, 0.15) is 19.4 Å². The highest BCUT2D eigenvalue weighted by atomic mass is 35.5. The number of hydrogen-bond donors (Lipinski definition) is 0. The van der Waals surface area contributed by atoms with Crippen LogP contribution in [0.15, 0.2) is 97.3 Å². The van der Waals surface area contributed by atoms with Crippen LogP contribution in [-0.2, 0) is 40.8 Å². The minimum atomic E-state index is -0.272. The van der Waals surface area contributed by atoms with Gasteiger partial charge in [-0.3, -0.25) is 4.57 Å². The van der Waals surface area contributed by atoms with Crippen LogP contribution in [-0.4, -0.2) is 38.8 Å². The van der Waals surface area contributed by atoms with Crippen molar-refractivity contribution in [3.63, 3.8) is 0 Å². The Morgan fingerprint density at radius 3 is 1.95 bits per heavy atom. The molecule has 3 aromatic carbocycles. The topological polar surface area (TPSA) is 80.5 Å². The number of benzene rings is 3. The highest BCUT2D eigenvalue weighted by molar-refractivity contribution is 6.28. The Balaban J connectivity index is 1.20. The van der Waals surface area contributed by atoms with E-state index in [1.54, 1.807) is 10.9 Å². The van der Waals surface area contributed by atoms with Crippen LogP contribution in [0.4, 0.5) is 0 Å². The first-order chi connectivity index (χ1) is 19.2. The van der Waals surface area contributed by atoms with Crippen molar-refractivity contribution in [2.24, 2.45) is 0 Å². The molecule has 0 amide bonds. The zero-order valence-electron chi connectivity index (χ0n) is 21.4. The van der Waals surface area contributed by atoms with Gasteiger partial charge >= 0.3 is 0 Å². The predicted octanol–water partition coefficient (Wildman–Crippen LogP) is 5.84. The van der Waals surface area contributed by atoms with E-state index in [1.165, 1.54) is 0 Å². The van der Waals surface area contributed by atoms with E-state index in [0.29, 0.717) is 50.1 Å². The minimum Gasteiger partial charge on any atom is -0.471 e. The third-order valence-corrected chi connectivity index (χ3v) is 6.07. The first-order valence-electron chi connectivity index (χ1n) is 12.6. The van der Waals surface area contributed by atoms with Gasteiger partial charge in [-0.1, -0.05) is 91.0 Å². The first-order valence-corrected chi connectivity index (χ1v) is 13.0. The van der Waals surface area contributed by atoms with Gasteiger partial charge in [-0.25, -0.2) is 4.98 Å². The van der Waals surface area contributed by atoms with Gasteiger partial charge in [0.2, 0.25) is 11.2 Å². The molecule has 200 valence electrons. The van der Waals surface area contributed by atoms with Gasteiger partial charge < -0.3 is 18.9 Å². The molecular weight excluding hydrogens is 516 g/mol. The summed E-state index contributed by atoms with van der Waals surface area (Å²) in [5.74, 6) is 0.325. The minimum absolute atomic E-state index is 0.0747. The SMILES string of the molecule is Clc1nc(OCc2ccccc2)c2ncn(COC[C@H](COCc3ccccc3)OCc3ccccc3)c2n1. The molecule has 0 radical (unpaired) electrons. The van der Waals surface area contributed by atoms with Crippen LogP contribution >= 0.6 is 11.6 Å². The number of fused-ring (bicyclic) bond motifs is 1. The largest absolute Gasteiger partial charge is 0.471 e. The molecule has 0 saturated carbocycles. The summed E-state index contributed by atoms with van der Waals surface area (Å²) in [6.45, 7) is 2.21. The average molecular weight is 545 g/mol. The van der Waals surface area contributed by atoms with Crippen molar-refractivity contribution < 1.29 is 18.9 Å². The Morgan fingerprint density at radius 2 is 1.28 bits per heavy atom. The Morgan fingerprint density at radius 1 is 0.692 bits per heavy atom. The van der Waals surface area contributed by atoms with Crippen LogP contribution in [0.3, 0.4) is 0 Å². The maximum atomic E-state index is 6.21. The summed E-state index contributed by atoms with van der Waals surface area (Å²) in [5, 5.41) is 0.0747. The molecule has 5 aromatic rings. The van der Waals surface area contributed by atoms with Gasteiger partial charge in [-0.2, -0.15) is 9.97 Å². The Hall–Kier alpha value is -3.82. The van der Waals surface area contributed by atoms with E-state index >= 15 is 0 Å². The van der Waals surface area contributed by atoms with Gasteiger partial charge in [-0.15, -0.1) is 0 Å². The highest BCUT2D eigenvalue weighted by Crippen LogP contribution is 2.24. The van der Waals surface area contributed by atoms with E-state index in [9.17, 15) is 0 Å². The van der Waals surface area contributed by atoms with Crippen LogP contribution in [0.2, 0.25) is 5.28 Å². The summed E-state index contributed by atoms with van der Waals surface area (Å²) >= 11 is 6.21. The molecule has 0 aliphatic heterocycles. The van der Waals surface area contributed by atoms with Crippen molar-refractivity contribution in [1.29, 1.82) is 0 Å². The van der Waals surface area contributed by atoms with Gasteiger partial charge in [0, 0.05) is 0 Å². The maximum Gasteiger partial charge on any atom is 0.247 e. The standard InChI is InChI=1S/C30H29ClN4O4/c31-30-33-28-27(29(34-30)39-18-25-14-8-3-9-15-25)32-21-35(28)22-37-20-26(38-17-24-12-6-2-7-13-24)19-36-16-23-10-4-1-5-11-23/h1-15,21,26H,16-20,22H2/t26-/m0/s1. The summed E-state index contributed by atoms with van der Waals surface area (Å²) in [5.41, 5.74) is 4.24. The smallest absolute Gasteiger partial charge is 0.247 e. The number of aromatic nitrogens is 4. The van der Waals surface area contributed by atoms with Crippen molar-refractivity contribution in [1.82, 2.24) is 19.5 Å². The number of hydrogen-bond acceptors (Lipinski definition) is 7. The number of imidazole rings is 1. The fourth-order valence-electron chi connectivity index (χ4n) is 3.91. The fraction of sp³-hybridized carbons (Fsp3) is 0.233. The van der Waals surface area contributed by atoms with E-state index in [1.807, 2.05) is 91.0 Å². The molecule has 0 fully saturated rings. The summed E-state index contributed by atoms with van der Waals surface area (Å²) in [6.07, 6.45) is 1.36. The Kier molecular flexibility index (Phi) is 9.49. The van der Waals surface area contributed by atoms with Gasteiger partial charge in [0.05, 0.1) is 32.8 Å². The summed E-state index contributed by atoms with van der Waals surface area (Å²) in [4.78, 5) is 13.0. The van der Waals surface area contributed by atoms with Gasteiger partial charge in [0.15, 0.2) is 11.2 Å². The number of ether oxygens (including phenoxy) is 4. The van der Waals surface area contributed by atoms with E-state index in [-0.39, 0.29) is 18.1 Å². The predicted molar refractivity (Wildman–Crippen MR) is 148 cm³/mol. The molecule has 5 rings (SSSR count). The van der Waals surface area contributed by atoms with Gasteiger partial charge in [-0.05, 0) is 28.3 Å². The third-order valence-electron chi connectivity index (χ3n) is 5.90. The lowest BCUT2D eigenvalue weighted by Crippen LogP contribution is -2.26. The molecule has 2 aromatic heterocycles. The van der Waals surface area contributed by atoms with Crippen LogP contribution in [0.5, 0.6) is 5.88 Å². The molecule has 0 aliphatic rings. The molecular formula is C30H29ClN4O4. The Bertz CT molecular complexity index is 1440. The summed E-state index contributed by atoms with van der Waals surface area (Å²) in [6, 6.07) is 29.9. The number of rotatable bonds is 14. The molecule has 2 heterocycles. The zero-order valence-corrected chi connectivity index (χ0v) is 22.1. The highest BCUT2D eigenvalue weighted by Gasteiger charge is 2.16. The lowest BCUT2D eigenvalue weighted by atomic mass is 10.2. The molecule has 0 spiro atoms.